The Morgan fingerprint density at radius 2 is 1.69 bits per heavy atom. The van der Waals surface area contributed by atoms with E-state index in [4.69, 9.17) is 23.2 Å². The van der Waals surface area contributed by atoms with E-state index in [1.54, 1.807) is 36.4 Å². The normalized spacial score (nSPS) is 14.6. The summed E-state index contributed by atoms with van der Waals surface area (Å²) in [5.41, 5.74) is 1.48. The standard InChI is InChI=1S/C28H29Cl2N5O3S/c29-24-11-6-12-25(26(24)30)34-18-16-33(17-19-34)15-5-4-13-32-28(36)23-20-35(27-22(23)10-7-14-31-27)39(37,38)21-8-2-1-3-9-21/h1-3,6-12,14,20H,4-5,13,15-19H2,(H,32,36). The Bertz CT molecular complexity index is 1570. The molecule has 39 heavy (non-hydrogen) atoms. The summed E-state index contributed by atoms with van der Waals surface area (Å²) >= 11 is 12.5. The van der Waals surface area contributed by atoms with Crippen LogP contribution in [0.15, 0.2) is 78.0 Å². The number of nitrogens with zero attached hydrogens (tertiary/aromatic N) is 4. The van der Waals surface area contributed by atoms with E-state index in [0.29, 0.717) is 22.0 Å². The van der Waals surface area contributed by atoms with Gasteiger partial charge in [0, 0.05) is 50.5 Å². The van der Waals surface area contributed by atoms with Crippen LogP contribution in [0.3, 0.4) is 0 Å². The number of hydrogen-bond acceptors (Lipinski definition) is 6. The van der Waals surface area contributed by atoms with Crippen LogP contribution in [0, 0.1) is 0 Å². The van der Waals surface area contributed by atoms with Gasteiger partial charge in [0.15, 0.2) is 5.65 Å². The van der Waals surface area contributed by atoms with Crippen LogP contribution in [-0.4, -0.2) is 67.4 Å². The van der Waals surface area contributed by atoms with Crippen molar-refractivity contribution in [1.29, 1.82) is 0 Å². The largest absolute Gasteiger partial charge is 0.368 e. The van der Waals surface area contributed by atoms with E-state index >= 15 is 0 Å². The van der Waals surface area contributed by atoms with Crippen molar-refractivity contribution < 1.29 is 13.2 Å². The third-order valence-corrected chi connectivity index (χ3v) is 9.38. The summed E-state index contributed by atoms with van der Waals surface area (Å²) in [7, 11) is -3.89. The molecule has 0 radical (unpaired) electrons. The van der Waals surface area contributed by atoms with E-state index in [0.717, 1.165) is 55.2 Å². The van der Waals surface area contributed by atoms with Crippen molar-refractivity contribution >= 4 is 55.9 Å². The van der Waals surface area contributed by atoms with Crippen LogP contribution >= 0.6 is 23.2 Å². The Hall–Kier alpha value is -3.11. The first-order valence-electron chi connectivity index (χ1n) is 12.8. The molecule has 1 saturated heterocycles. The number of nitrogens with one attached hydrogen (secondary N) is 1. The van der Waals surface area contributed by atoms with Crippen molar-refractivity contribution in [3.05, 3.63) is 88.7 Å². The summed E-state index contributed by atoms with van der Waals surface area (Å²) in [6.45, 7) is 5.04. The number of carbonyl (C=O) groups excluding carboxylic acids is 1. The number of halogens is 2. The molecule has 1 aliphatic heterocycles. The summed E-state index contributed by atoms with van der Waals surface area (Å²) in [5.74, 6) is -0.318. The molecule has 2 aromatic carbocycles. The van der Waals surface area contributed by atoms with E-state index in [-0.39, 0.29) is 22.0 Å². The zero-order valence-corrected chi connectivity index (χ0v) is 23.6. The Morgan fingerprint density at radius 3 is 2.46 bits per heavy atom. The Morgan fingerprint density at radius 1 is 0.923 bits per heavy atom. The number of carbonyl (C=O) groups is 1. The van der Waals surface area contributed by atoms with E-state index in [1.165, 1.54) is 24.5 Å². The van der Waals surface area contributed by atoms with Gasteiger partial charge in [0.25, 0.3) is 15.9 Å². The number of piperazine rings is 1. The fourth-order valence-electron chi connectivity index (χ4n) is 4.81. The van der Waals surface area contributed by atoms with Gasteiger partial charge in [-0.25, -0.2) is 17.4 Å². The first-order chi connectivity index (χ1) is 18.9. The fourth-order valence-corrected chi connectivity index (χ4v) is 6.57. The van der Waals surface area contributed by atoms with E-state index in [1.807, 2.05) is 12.1 Å². The van der Waals surface area contributed by atoms with E-state index < -0.39 is 10.0 Å². The minimum Gasteiger partial charge on any atom is -0.368 e. The average molecular weight is 587 g/mol. The summed E-state index contributed by atoms with van der Waals surface area (Å²) in [5, 5.41) is 4.60. The topological polar surface area (TPSA) is 87.5 Å². The van der Waals surface area contributed by atoms with Crippen LogP contribution in [0.1, 0.15) is 23.2 Å². The number of rotatable bonds is 9. The van der Waals surface area contributed by atoms with Crippen LogP contribution in [0.5, 0.6) is 0 Å². The monoisotopic (exact) mass is 585 g/mol. The second-order valence-corrected chi connectivity index (χ2v) is 12.0. The molecule has 1 amide bonds. The molecule has 11 heteroatoms. The minimum atomic E-state index is -3.89. The van der Waals surface area contributed by atoms with Gasteiger partial charge in [-0.1, -0.05) is 47.5 Å². The summed E-state index contributed by atoms with van der Waals surface area (Å²) in [4.78, 5) is 22.1. The maximum atomic E-state index is 13.2. The van der Waals surface area contributed by atoms with E-state index in [9.17, 15) is 13.2 Å². The molecule has 1 aliphatic rings. The van der Waals surface area contributed by atoms with Crippen LogP contribution in [0.2, 0.25) is 10.0 Å². The molecule has 4 aromatic rings. The average Bonchev–Trinajstić information content (AvgIpc) is 3.36. The van der Waals surface area contributed by atoms with E-state index in [2.05, 4.69) is 20.1 Å². The van der Waals surface area contributed by atoms with Crippen LogP contribution in [-0.2, 0) is 10.0 Å². The SMILES string of the molecule is O=C(NCCCCN1CCN(c2cccc(Cl)c2Cl)CC1)c1cn(S(=O)(=O)c2ccccc2)c2ncccc12. The van der Waals surface area contributed by atoms with Crippen LogP contribution < -0.4 is 10.2 Å². The highest BCUT2D eigenvalue weighted by atomic mass is 35.5. The Kier molecular flexibility index (Phi) is 8.42. The molecule has 1 fully saturated rings. The van der Waals surface area contributed by atoms with Gasteiger partial charge in [-0.15, -0.1) is 0 Å². The molecule has 5 rings (SSSR count). The number of aromatic nitrogens is 2. The van der Waals surface area contributed by atoms with Crippen molar-refractivity contribution in [3.63, 3.8) is 0 Å². The highest BCUT2D eigenvalue weighted by Crippen LogP contribution is 2.33. The first kappa shape index (κ1) is 27.5. The summed E-state index contributed by atoms with van der Waals surface area (Å²) < 4.78 is 27.6. The van der Waals surface area contributed by atoms with Crippen molar-refractivity contribution in [2.75, 3.05) is 44.2 Å². The molecular formula is C28H29Cl2N5O3S. The van der Waals surface area contributed by atoms with Gasteiger partial charge in [0.05, 0.1) is 26.2 Å². The van der Waals surface area contributed by atoms with Crippen LogP contribution in [0.4, 0.5) is 5.69 Å². The quantitative estimate of drug-likeness (QED) is 0.281. The van der Waals surface area contributed by atoms with Gasteiger partial charge in [-0.2, -0.15) is 0 Å². The number of fused-ring (bicyclic) bond motifs is 1. The molecular weight excluding hydrogens is 557 g/mol. The molecule has 0 saturated carbocycles. The van der Waals surface area contributed by atoms with Gasteiger partial charge in [-0.3, -0.25) is 9.69 Å². The summed E-state index contributed by atoms with van der Waals surface area (Å²) in [6.07, 6.45) is 4.63. The molecule has 0 bridgehead atoms. The first-order valence-corrected chi connectivity index (χ1v) is 15.0. The second kappa shape index (κ2) is 12.0. The summed E-state index contributed by atoms with van der Waals surface area (Å²) in [6, 6.07) is 17.2. The zero-order valence-electron chi connectivity index (χ0n) is 21.3. The number of amides is 1. The van der Waals surface area contributed by atoms with Crippen molar-refractivity contribution in [1.82, 2.24) is 19.2 Å². The lowest BCUT2D eigenvalue weighted by atomic mass is 10.2. The maximum Gasteiger partial charge on any atom is 0.269 e. The number of anilines is 1. The molecule has 204 valence electrons. The fraction of sp³-hybridized carbons (Fsp3) is 0.286. The lowest BCUT2D eigenvalue weighted by Crippen LogP contribution is -2.46. The van der Waals surface area contributed by atoms with Gasteiger partial charge in [-0.05, 0) is 55.8 Å². The Balaban J connectivity index is 1.14. The van der Waals surface area contributed by atoms with Crippen LogP contribution in [0.25, 0.3) is 11.0 Å². The number of benzene rings is 2. The van der Waals surface area contributed by atoms with Gasteiger partial charge in [0.1, 0.15) is 0 Å². The van der Waals surface area contributed by atoms with Crippen molar-refractivity contribution in [2.24, 2.45) is 0 Å². The van der Waals surface area contributed by atoms with Crippen molar-refractivity contribution in [2.45, 2.75) is 17.7 Å². The highest BCUT2D eigenvalue weighted by Gasteiger charge is 2.24. The molecule has 0 unspecified atom stereocenters. The maximum absolute atomic E-state index is 13.2. The molecule has 0 atom stereocenters. The molecule has 8 nitrogen and oxygen atoms in total. The predicted octanol–water partition coefficient (Wildman–Crippen LogP) is 4.91. The zero-order chi connectivity index (χ0) is 27.4. The van der Waals surface area contributed by atoms with Crippen molar-refractivity contribution in [3.8, 4) is 0 Å². The number of hydrogen-bond donors (Lipinski definition) is 1. The molecule has 2 aromatic heterocycles. The predicted molar refractivity (Wildman–Crippen MR) is 155 cm³/mol. The highest BCUT2D eigenvalue weighted by molar-refractivity contribution is 7.90. The number of unbranched alkanes of at least 4 members (excludes halogenated alkanes) is 1. The van der Waals surface area contributed by atoms with Gasteiger partial charge < -0.3 is 10.2 Å². The smallest absolute Gasteiger partial charge is 0.269 e. The molecule has 1 N–H and O–H groups in total. The molecule has 3 heterocycles. The van der Waals surface area contributed by atoms with Gasteiger partial charge >= 0.3 is 0 Å². The van der Waals surface area contributed by atoms with Gasteiger partial charge in [0.2, 0.25) is 0 Å². The lowest BCUT2D eigenvalue weighted by molar-refractivity contribution is 0.0954. The lowest BCUT2D eigenvalue weighted by Gasteiger charge is -2.36. The third-order valence-electron chi connectivity index (χ3n) is 6.91. The second-order valence-electron chi connectivity index (χ2n) is 9.40. The number of pyridine rings is 1. The Labute approximate surface area is 238 Å². The molecule has 0 spiro atoms. The minimum absolute atomic E-state index is 0.135. The third kappa shape index (κ3) is 5.91. The molecule has 0 aliphatic carbocycles.